The Morgan fingerprint density at radius 1 is 0.923 bits per heavy atom. The highest BCUT2D eigenvalue weighted by Crippen LogP contribution is 2.32. The second-order valence-corrected chi connectivity index (χ2v) is 6.50. The third-order valence-electron chi connectivity index (χ3n) is 3.97. The summed E-state index contributed by atoms with van der Waals surface area (Å²) in [6.07, 6.45) is 0. The van der Waals surface area contributed by atoms with Crippen LogP contribution in [0, 0.1) is 0 Å². The highest BCUT2D eigenvalue weighted by molar-refractivity contribution is 9.10. The van der Waals surface area contributed by atoms with Crippen LogP contribution < -0.4 is 4.74 Å². The molecule has 132 valence electrons. The number of ether oxygens (including phenoxy) is 1. The number of hydrogen-bond acceptors (Lipinski definition) is 3. The van der Waals surface area contributed by atoms with Gasteiger partial charge in [-0.05, 0) is 56.4 Å². The maximum Gasteiger partial charge on any atom is 0.336 e. The Balaban J connectivity index is 1.89. The van der Waals surface area contributed by atoms with E-state index in [9.17, 15) is 9.90 Å². The van der Waals surface area contributed by atoms with E-state index in [-0.39, 0.29) is 18.8 Å². The zero-order valence-corrected chi connectivity index (χ0v) is 15.4. The van der Waals surface area contributed by atoms with E-state index in [0.29, 0.717) is 11.3 Å². The molecular weight excluding hydrogens is 396 g/mol. The van der Waals surface area contributed by atoms with Gasteiger partial charge >= 0.3 is 5.97 Å². The number of carboxylic acid groups (broad SMARTS) is 1. The first kappa shape index (κ1) is 18.2. The summed E-state index contributed by atoms with van der Waals surface area (Å²) in [5.41, 5.74) is 3.85. The van der Waals surface area contributed by atoms with Crippen LogP contribution >= 0.6 is 15.9 Å². The van der Waals surface area contributed by atoms with Crippen molar-refractivity contribution in [2.75, 3.05) is 13.2 Å². The summed E-state index contributed by atoms with van der Waals surface area (Å²) >= 11 is 3.48. The van der Waals surface area contributed by atoms with E-state index in [0.717, 1.165) is 21.2 Å². The van der Waals surface area contributed by atoms with Gasteiger partial charge in [-0.15, -0.1) is 0 Å². The second-order valence-electron chi connectivity index (χ2n) is 5.65. The molecule has 0 aliphatic heterocycles. The molecule has 0 spiro atoms. The van der Waals surface area contributed by atoms with Crippen LogP contribution in [0.2, 0.25) is 0 Å². The fourth-order valence-corrected chi connectivity index (χ4v) is 3.21. The van der Waals surface area contributed by atoms with Crippen molar-refractivity contribution in [3.63, 3.8) is 0 Å². The van der Waals surface area contributed by atoms with Crippen LogP contribution in [0.1, 0.15) is 10.4 Å². The van der Waals surface area contributed by atoms with Gasteiger partial charge in [0.1, 0.15) is 12.4 Å². The fraction of sp³-hybridized carbons (Fsp3) is 0.0952. The molecule has 5 heteroatoms. The lowest BCUT2D eigenvalue weighted by molar-refractivity contribution is 0.0697. The number of rotatable bonds is 6. The lowest BCUT2D eigenvalue weighted by atomic mass is 9.97. The third kappa shape index (κ3) is 3.95. The molecule has 3 aromatic carbocycles. The minimum Gasteiger partial charge on any atom is -0.490 e. The molecule has 3 aromatic rings. The van der Waals surface area contributed by atoms with Crippen LogP contribution in [0.25, 0.3) is 22.3 Å². The van der Waals surface area contributed by atoms with E-state index in [2.05, 4.69) is 15.9 Å². The number of benzene rings is 3. The van der Waals surface area contributed by atoms with Crippen LogP contribution in [0.3, 0.4) is 0 Å². The molecule has 0 unspecified atom stereocenters. The average molecular weight is 413 g/mol. The number of aliphatic hydroxyl groups excluding tert-OH is 1. The molecular formula is C21H17BrO4. The van der Waals surface area contributed by atoms with E-state index in [1.807, 2.05) is 54.6 Å². The minimum atomic E-state index is -0.938. The van der Waals surface area contributed by atoms with Gasteiger partial charge in [-0.1, -0.05) is 48.5 Å². The number of aromatic carboxylic acids is 1. The summed E-state index contributed by atoms with van der Waals surface area (Å²) < 4.78 is 6.25. The summed E-state index contributed by atoms with van der Waals surface area (Å²) in [6, 6.07) is 20.5. The smallest absolute Gasteiger partial charge is 0.336 e. The largest absolute Gasteiger partial charge is 0.490 e. The van der Waals surface area contributed by atoms with Crippen molar-refractivity contribution in [1.29, 1.82) is 0 Å². The minimum absolute atomic E-state index is 0.0343. The first-order valence-electron chi connectivity index (χ1n) is 8.06. The van der Waals surface area contributed by atoms with Gasteiger partial charge in [0.25, 0.3) is 0 Å². The van der Waals surface area contributed by atoms with Gasteiger partial charge < -0.3 is 14.9 Å². The maximum atomic E-state index is 11.4. The number of aliphatic hydroxyl groups is 1. The van der Waals surface area contributed by atoms with Gasteiger partial charge in [0.05, 0.1) is 16.6 Å². The maximum absolute atomic E-state index is 11.4. The van der Waals surface area contributed by atoms with Crippen LogP contribution in [-0.2, 0) is 0 Å². The van der Waals surface area contributed by atoms with Crippen molar-refractivity contribution < 1.29 is 19.7 Å². The third-order valence-corrected chi connectivity index (χ3v) is 4.59. The SMILES string of the molecule is O=C(O)c1ccccc1-c1ccc(-c2ccc(OCCO)c(Br)c2)cc1. The zero-order valence-electron chi connectivity index (χ0n) is 13.9. The molecule has 0 saturated heterocycles. The Hall–Kier alpha value is -2.63. The van der Waals surface area contributed by atoms with Gasteiger partial charge in [0.2, 0.25) is 0 Å². The summed E-state index contributed by atoms with van der Waals surface area (Å²) in [5.74, 6) is -0.262. The van der Waals surface area contributed by atoms with Gasteiger partial charge in [-0.3, -0.25) is 0 Å². The summed E-state index contributed by atoms with van der Waals surface area (Å²) in [6.45, 7) is 0.211. The molecule has 0 heterocycles. The van der Waals surface area contributed by atoms with E-state index < -0.39 is 5.97 Å². The topological polar surface area (TPSA) is 66.8 Å². The average Bonchev–Trinajstić information content (AvgIpc) is 2.67. The van der Waals surface area contributed by atoms with Crippen LogP contribution in [-0.4, -0.2) is 29.4 Å². The zero-order chi connectivity index (χ0) is 18.5. The number of carboxylic acids is 1. The van der Waals surface area contributed by atoms with Crippen molar-refractivity contribution in [1.82, 2.24) is 0 Å². The molecule has 0 bridgehead atoms. The molecule has 0 aromatic heterocycles. The molecule has 0 amide bonds. The first-order valence-corrected chi connectivity index (χ1v) is 8.86. The molecule has 4 nitrogen and oxygen atoms in total. The molecule has 0 radical (unpaired) electrons. The summed E-state index contributed by atoms with van der Waals surface area (Å²) in [7, 11) is 0. The van der Waals surface area contributed by atoms with Crippen molar-refractivity contribution in [3.05, 3.63) is 76.8 Å². The fourth-order valence-electron chi connectivity index (χ4n) is 2.72. The second kappa shape index (κ2) is 8.17. The number of halogens is 1. The number of carbonyl (C=O) groups is 1. The summed E-state index contributed by atoms with van der Waals surface area (Å²) in [5, 5.41) is 18.2. The lowest BCUT2D eigenvalue weighted by Crippen LogP contribution is -2.01. The summed E-state index contributed by atoms with van der Waals surface area (Å²) in [4.78, 5) is 11.4. The lowest BCUT2D eigenvalue weighted by Gasteiger charge is -2.10. The Kier molecular flexibility index (Phi) is 5.71. The molecule has 0 aliphatic carbocycles. The van der Waals surface area contributed by atoms with E-state index in [1.165, 1.54) is 0 Å². The van der Waals surface area contributed by atoms with Crippen molar-refractivity contribution in [2.24, 2.45) is 0 Å². The first-order chi connectivity index (χ1) is 12.6. The van der Waals surface area contributed by atoms with Crippen molar-refractivity contribution >= 4 is 21.9 Å². The molecule has 0 fully saturated rings. The van der Waals surface area contributed by atoms with Gasteiger partial charge in [-0.2, -0.15) is 0 Å². The quantitative estimate of drug-likeness (QED) is 0.606. The van der Waals surface area contributed by atoms with Crippen LogP contribution in [0.5, 0.6) is 5.75 Å². The predicted molar refractivity (Wildman–Crippen MR) is 105 cm³/mol. The normalized spacial score (nSPS) is 10.5. The molecule has 26 heavy (non-hydrogen) atoms. The molecule has 0 atom stereocenters. The van der Waals surface area contributed by atoms with Gasteiger partial charge in [0, 0.05) is 0 Å². The van der Waals surface area contributed by atoms with Crippen LogP contribution in [0.4, 0.5) is 0 Å². The Morgan fingerprint density at radius 2 is 1.58 bits per heavy atom. The van der Waals surface area contributed by atoms with Gasteiger partial charge in [-0.25, -0.2) is 4.79 Å². The molecule has 3 rings (SSSR count). The Bertz CT molecular complexity index is 920. The molecule has 2 N–H and O–H groups in total. The highest BCUT2D eigenvalue weighted by Gasteiger charge is 2.11. The van der Waals surface area contributed by atoms with Crippen molar-refractivity contribution in [2.45, 2.75) is 0 Å². The van der Waals surface area contributed by atoms with E-state index in [4.69, 9.17) is 9.84 Å². The predicted octanol–water partition coefficient (Wildman–Crippen LogP) is 4.85. The number of hydrogen-bond donors (Lipinski definition) is 2. The van der Waals surface area contributed by atoms with E-state index >= 15 is 0 Å². The molecule has 0 saturated carbocycles. The van der Waals surface area contributed by atoms with Gasteiger partial charge in [0.15, 0.2) is 0 Å². The van der Waals surface area contributed by atoms with Crippen molar-refractivity contribution in [3.8, 4) is 28.0 Å². The Labute approximate surface area is 159 Å². The molecule has 0 aliphatic rings. The monoisotopic (exact) mass is 412 g/mol. The standard InChI is InChI=1S/C21H17BrO4/c22-19-13-16(9-10-20(19)26-12-11-23)14-5-7-15(8-6-14)17-3-1-2-4-18(17)21(24)25/h1-10,13,23H,11-12H2,(H,24,25). The highest BCUT2D eigenvalue weighted by atomic mass is 79.9. The Morgan fingerprint density at radius 3 is 2.23 bits per heavy atom. The van der Waals surface area contributed by atoms with E-state index in [1.54, 1.807) is 12.1 Å². The van der Waals surface area contributed by atoms with Crippen LogP contribution in [0.15, 0.2) is 71.2 Å².